The molecule has 0 aliphatic rings. The highest BCUT2D eigenvalue weighted by Gasteiger charge is 2.21. The molecule has 0 heterocycles. The van der Waals surface area contributed by atoms with Gasteiger partial charge in [-0.3, -0.25) is 4.79 Å². The van der Waals surface area contributed by atoms with E-state index in [1.165, 1.54) is 7.11 Å². The van der Waals surface area contributed by atoms with Gasteiger partial charge in [-0.25, -0.2) is 13.1 Å². The van der Waals surface area contributed by atoms with Gasteiger partial charge in [0.1, 0.15) is 0 Å². The van der Waals surface area contributed by atoms with Crippen LogP contribution in [0.4, 0.5) is 0 Å². The third-order valence-electron chi connectivity index (χ3n) is 4.90. The minimum absolute atomic E-state index is 0.167. The molecule has 0 aromatic heterocycles. The first-order valence-corrected chi connectivity index (χ1v) is 11.6. The average Bonchev–Trinajstić information content (AvgIpc) is 2.72. The summed E-state index contributed by atoms with van der Waals surface area (Å²) < 4.78 is 33.3. The number of hydrogen-bond donors (Lipinski definition) is 1. The predicted molar refractivity (Wildman–Crippen MR) is 115 cm³/mol. The number of unbranched alkanes of at least 4 members (excludes halogenated alkanes) is 4. The Labute approximate surface area is 174 Å². The van der Waals surface area contributed by atoms with Crippen molar-refractivity contribution in [3.8, 4) is 0 Å². The van der Waals surface area contributed by atoms with Gasteiger partial charge in [-0.05, 0) is 43.0 Å². The fraction of sp³-hybridized carbons (Fsp3) is 0.435. The number of carbonyl (C=O) groups is 1. The zero-order valence-electron chi connectivity index (χ0n) is 17.3. The van der Waals surface area contributed by atoms with Gasteiger partial charge >= 0.3 is 5.97 Å². The van der Waals surface area contributed by atoms with Gasteiger partial charge < -0.3 is 4.74 Å². The molecular formula is C23H31NO4S. The summed E-state index contributed by atoms with van der Waals surface area (Å²) in [7, 11) is -2.19. The summed E-state index contributed by atoms with van der Waals surface area (Å²) in [5, 5.41) is 0. The second-order valence-corrected chi connectivity index (χ2v) is 9.00. The van der Waals surface area contributed by atoms with Crippen LogP contribution in [-0.2, 0) is 19.6 Å². The van der Waals surface area contributed by atoms with E-state index in [0.717, 1.165) is 49.7 Å². The van der Waals surface area contributed by atoms with Gasteiger partial charge in [-0.15, -0.1) is 0 Å². The van der Waals surface area contributed by atoms with Gasteiger partial charge in [0.05, 0.1) is 12.0 Å². The molecule has 0 spiro atoms. The number of esters is 1. The van der Waals surface area contributed by atoms with Gasteiger partial charge in [-0.1, -0.05) is 68.1 Å². The molecule has 5 nitrogen and oxygen atoms in total. The maximum atomic E-state index is 12.9. The second kappa shape index (κ2) is 11.7. The van der Waals surface area contributed by atoms with Crippen LogP contribution in [0.25, 0.3) is 0 Å². The normalized spacial score (nSPS) is 12.5. The Morgan fingerprint density at radius 1 is 0.966 bits per heavy atom. The monoisotopic (exact) mass is 417 g/mol. The highest BCUT2D eigenvalue weighted by Crippen LogP contribution is 2.23. The molecule has 158 valence electrons. The first-order chi connectivity index (χ1) is 13.9. The zero-order valence-corrected chi connectivity index (χ0v) is 18.1. The van der Waals surface area contributed by atoms with Crippen LogP contribution in [0.3, 0.4) is 0 Å². The lowest BCUT2D eigenvalue weighted by atomic mass is 10.0. The number of rotatable bonds is 12. The predicted octanol–water partition coefficient (Wildman–Crippen LogP) is 4.92. The van der Waals surface area contributed by atoms with Gasteiger partial charge in [0, 0.05) is 12.5 Å². The van der Waals surface area contributed by atoms with Crippen molar-refractivity contribution in [2.75, 3.05) is 7.11 Å². The first-order valence-electron chi connectivity index (χ1n) is 10.1. The molecule has 0 aliphatic heterocycles. The van der Waals surface area contributed by atoms with E-state index in [4.69, 9.17) is 0 Å². The minimum atomic E-state index is -3.60. The lowest BCUT2D eigenvalue weighted by Crippen LogP contribution is -2.28. The van der Waals surface area contributed by atoms with Crippen molar-refractivity contribution >= 4 is 16.0 Å². The Balaban J connectivity index is 1.94. The molecule has 2 aromatic carbocycles. The molecule has 0 saturated heterocycles. The number of ether oxygens (including phenoxy) is 1. The largest absolute Gasteiger partial charge is 0.469 e. The van der Waals surface area contributed by atoms with E-state index >= 15 is 0 Å². The van der Waals surface area contributed by atoms with Crippen molar-refractivity contribution in [1.82, 2.24) is 4.72 Å². The van der Waals surface area contributed by atoms with E-state index in [-0.39, 0.29) is 12.0 Å². The molecule has 1 N–H and O–H groups in total. The highest BCUT2D eigenvalue weighted by atomic mass is 32.2. The van der Waals surface area contributed by atoms with Crippen molar-refractivity contribution in [2.45, 2.75) is 62.8 Å². The van der Waals surface area contributed by atoms with Crippen molar-refractivity contribution in [3.63, 3.8) is 0 Å². The molecule has 29 heavy (non-hydrogen) atoms. The lowest BCUT2D eigenvalue weighted by Gasteiger charge is -2.19. The Bertz CT molecular complexity index is 865. The summed E-state index contributed by atoms with van der Waals surface area (Å²) in [5.41, 5.74) is 1.88. The van der Waals surface area contributed by atoms with Gasteiger partial charge in [-0.2, -0.15) is 0 Å². The molecule has 0 amide bonds. The van der Waals surface area contributed by atoms with Crippen LogP contribution in [0.15, 0.2) is 59.5 Å². The molecule has 6 heteroatoms. The SMILES string of the molecule is COC(=O)CCCCCCCC(NS(=O)(=O)c1cccc(C)c1)c1ccccc1. The van der Waals surface area contributed by atoms with Crippen molar-refractivity contribution in [2.24, 2.45) is 0 Å². The number of methoxy groups -OCH3 is 1. The highest BCUT2D eigenvalue weighted by molar-refractivity contribution is 7.89. The van der Waals surface area contributed by atoms with Crippen LogP contribution >= 0.6 is 0 Å². The molecule has 0 aliphatic carbocycles. The topological polar surface area (TPSA) is 72.5 Å². The lowest BCUT2D eigenvalue weighted by molar-refractivity contribution is -0.140. The van der Waals surface area contributed by atoms with E-state index < -0.39 is 10.0 Å². The zero-order chi connectivity index (χ0) is 21.1. The van der Waals surface area contributed by atoms with E-state index in [9.17, 15) is 13.2 Å². The number of carbonyl (C=O) groups excluding carboxylic acids is 1. The Hall–Kier alpha value is -2.18. The smallest absolute Gasteiger partial charge is 0.305 e. The third-order valence-corrected chi connectivity index (χ3v) is 6.37. The minimum Gasteiger partial charge on any atom is -0.469 e. The van der Waals surface area contributed by atoms with Crippen LogP contribution < -0.4 is 4.72 Å². The van der Waals surface area contributed by atoms with E-state index in [1.807, 2.05) is 43.3 Å². The van der Waals surface area contributed by atoms with E-state index in [0.29, 0.717) is 11.3 Å². The van der Waals surface area contributed by atoms with Gasteiger partial charge in [0.2, 0.25) is 10.0 Å². The average molecular weight is 418 g/mol. The van der Waals surface area contributed by atoms with Crippen molar-refractivity contribution < 1.29 is 17.9 Å². The molecule has 2 rings (SSSR count). The first kappa shape index (κ1) is 23.1. The maximum Gasteiger partial charge on any atom is 0.305 e. The summed E-state index contributed by atoms with van der Waals surface area (Å²) in [6.07, 6.45) is 5.91. The molecule has 0 radical (unpaired) electrons. The van der Waals surface area contributed by atoms with Crippen LogP contribution in [0.5, 0.6) is 0 Å². The molecule has 1 unspecified atom stereocenters. The molecular weight excluding hydrogens is 386 g/mol. The number of nitrogens with one attached hydrogen (secondary N) is 1. The Kier molecular flexibility index (Phi) is 9.35. The van der Waals surface area contributed by atoms with Crippen molar-refractivity contribution in [1.29, 1.82) is 0 Å². The summed E-state index contributed by atoms with van der Waals surface area (Å²) in [6.45, 7) is 1.88. The quantitative estimate of drug-likeness (QED) is 0.393. The number of aryl methyl sites for hydroxylation is 1. The molecule has 1 atom stereocenters. The van der Waals surface area contributed by atoms with Crippen LogP contribution in [-0.4, -0.2) is 21.5 Å². The third kappa shape index (κ3) is 7.99. The van der Waals surface area contributed by atoms with Crippen molar-refractivity contribution in [3.05, 3.63) is 65.7 Å². The molecule has 0 bridgehead atoms. The number of sulfonamides is 1. The van der Waals surface area contributed by atoms with E-state index in [2.05, 4.69) is 9.46 Å². The maximum absolute atomic E-state index is 12.9. The van der Waals surface area contributed by atoms with Crippen LogP contribution in [0.2, 0.25) is 0 Å². The van der Waals surface area contributed by atoms with Gasteiger partial charge in [0.15, 0.2) is 0 Å². The van der Waals surface area contributed by atoms with Crippen LogP contribution in [0, 0.1) is 6.92 Å². The summed E-state index contributed by atoms with van der Waals surface area (Å²) >= 11 is 0. The second-order valence-electron chi connectivity index (χ2n) is 7.28. The summed E-state index contributed by atoms with van der Waals surface area (Å²) in [4.78, 5) is 11.4. The molecule has 2 aromatic rings. The Morgan fingerprint density at radius 3 is 2.34 bits per heavy atom. The number of hydrogen-bond acceptors (Lipinski definition) is 4. The van der Waals surface area contributed by atoms with Crippen LogP contribution in [0.1, 0.15) is 62.1 Å². The van der Waals surface area contributed by atoms with Gasteiger partial charge in [0.25, 0.3) is 0 Å². The summed E-state index contributed by atoms with van der Waals surface area (Å²) in [5.74, 6) is -0.167. The number of benzene rings is 2. The van der Waals surface area contributed by atoms with E-state index in [1.54, 1.807) is 18.2 Å². The molecule has 0 saturated carbocycles. The Morgan fingerprint density at radius 2 is 1.66 bits per heavy atom. The molecule has 0 fully saturated rings. The fourth-order valence-corrected chi connectivity index (χ4v) is 4.63. The fourth-order valence-electron chi connectivity index (χ4n) is 3.27. The summed E-state index contributed by atoms with van der Waals surface area (Å²) in [6, 6.07) is 16.4. The standard InChI is InChI=1S/C23H31NO4S/c1-19-12-11-15-21(18-19)29(26,27)24-22(20-13-7-6-8-14-20)16-9-4-3-5-10-17-23(25)28-2/h6-8,11-15,18,22,24H,3-5,9-10,16-17H2,1-2H3.